The van der Waals surface area contributed by atoms with Crippen LogP contribution in [0.25, 0.3) is 6.08 Å². The highest BCUT2D eigenvalue weighted by molar-refractivity contribution is 5.87. The molecule has 1 rings (SSSR count). The number of methoxy groups -OCH3 is 1. The highest BCUT2D eigenvalue weighted by Crippen LogP contribution is 2.27. The van der Waals surface area contributed by atoms with E-state index in [0.29, 0.717) is 17.7 Å². The number of aliphatic hydroxyl groups is 1. The minimum absolute atomic E-state index is 0.113. The van der Waals surface area contributed by atoms with Crippen molar-refractivity contribution in [1.82, 2.24) is 0 Å². The van der Waals surface area contributed by atoms with Crippen LogP contribution in [0.15, 0.2) is 24.3 Å². The second-order valence-electron chi connectivity index (χ2n) is 4.32. The summed E-state index contributed by atoms with van der Waals surface area (Å²) in [5.74, 6) is -0.536. The number of rotatable bonds is 7. The number of carbonyl (C=O) groups excluding carboxylic acids is 1. The quantitative estimate of drug-likeness (QED) is 0.345. The van der Waals surface area contributed by atoms with Crippen LogP contribution in [0.4, 0.5) is 11.4 Å². The van der Waals surface area contributed by atoms with E-state index in [1.807, 2.05) is 6.92 Å². The van der Waals surface area contributed by atoms with Crippen molar-refractivity contribution >= 4 is 23.4 Å². The molecule has 0 heterocycles. The van der Waals surface area contributed by atoms with E-state index in [9.17, 15) is 14.9 Å². The summed E-state index contributed by atoms with van der Waals surface area (Å²) in [7, 11) is 1.25. The van der Waals surface area contributed by atoms with Gasteiger partial charge in [-0.25, -0.2) is 4.79 Å². The fourth-order valence-electron chi connectivity index (χ4n) is 1.65. The standard InChI is InChI=1S/C14H18N2O5/c1-3-11(9-17)15-12-6-4-10(5-7-14(18)21-2)8-13(12)16(19)20/h4-8,11,15,17H,3,9H2,1-2H3. The van der Waals surface area contributed by atoms with Crippen molar-refractivity contribution in [3.63, 3.8) is 0 Å². The maximum atomic E-state index is 11.1. The van der Waals surface area contributed by atoms with Crippen LogP contribution in [0.5, 0.6) is 0 Å². The normalized spacial score (nSPS) is 12.1. The van der Waals surface area contributed by atoms with Gasteiger partial charge in [0, 0.05) is 18.2 Å². The predicted molar refractivity (Wildman–Crippen MR) is 78.9 cm³/mol. The Morgan fingerprint density at radius 1 is 1.57 bits per heavy atom. The van der Waals surface area contributed by atoms with Gasteiger partial charge >= 0.3 is 5.97 Å². The van der Waals surface area contributed by atoms with Crippen LogP contribution in [-0.2, 0) is 9.53 Å². The topological polar surface area (TPSA) is 102 Å². The monoisotopic (exact) mass is 294 g/mol. The molecule has 21 heavy (non-hydrogen) atoms. The third-order valence-electron chi connectivity index (χ3n) is 2.90. The number of carbonyl (C=O) groups is 1. The van der Waals surface area contributed by atoms with Crippen LogP contribution in [-0.4, -0.2) is 35.8 Å². The summed E-state index contributed by atoms with van der Waals surface area (Å²) in [5.41, 5.74) is 0.722. The molecule has 1 aromatic carbocycles. The predicted octanol–water partition coefficient (Wildman–Crippen LogP) is 1.96. The molecule has 0 aliphatic heterocycles. The van der Waals surface area contributed by atoms with Gasteiger partial charge in [-0.05, 0) is 24.1 Å². The van der Waals surface area contributed by atoms with E-state index in [1.165, 1.54) is 25.3 Å². The zero-order valence-corrected chi connectivity index (χ0v) is 11.9. The number of ether oxygens (including phenoxy) is 1. The van der Waals surface area contributed by atoms with E-state index in [-0.39, 0.29) is 18.3 Å². The summed E-state index contributed by atoms with van der Waals surface area (Å²) in [5, 5.41) is 23.2. The first-order chi connectivity index (χ1) is 10.0. The molecule has 0 aliphatic carbocycles. The smallest absolute Gasteiger partial charge is 0.330 e. The van der Waals surface area contributed by atoms with Gasteiger partial charge in [-0.15, -0.1) is 0 Å². The average molecular weight is 294 g/mol. The number of nitro groups is 1. The second-order valence-corrected chi connectivity index (χ2v) is 4.32. The second kappa shape index (κ2) is 8.01. The van der Waals surface area contributed by atoms with Gasteiger partial charge in [0.15, 0.2) is 0 Å². The minimum atomic E-state index is -0.536. The molecule has 1 atom stereocenters. The molecule has 7 heteroatoms. The Hall–Kier alpha value is -2.41. The van der Waals surface area contributed by atoms with Gasteiger partial charge in [-0.2, -0.15) is 0 Å². The van der Waals surface area contributed by atoms with Crippen molar-refractivity contribution in [1.29, 1.82) is 0 Å². The van der Waals surface area contributed by atoms with Gasteiger partial charge in [-0.1, -0.05) is 13.0 Å². The van der Waals surface area contributed by atoms with Crippen molar-refractivity contribution in [2.75, 3.05) is 19.0 Å². The lowest BCUT2D eigenvalue weighted by Crippen LogP contribution is -2.23. The number of aliphatic hydroxyl groups excluding tert-OH is 1. The average Bonchev–Trinajstić information content (AvgIpc) is 2.50. The minimum Gasteiger partial charge on any atom is -0.466 e. The maximum Gasteiger partial charge on any atom is 0.330 e. The van der Waals surface area contributed by atoms with Crippen LogP contribution in [0.1, 0.15) is 18.9 Å². The fraction of sp³-hybridized carbons (Fsp3) is 0.357. The van der Waals surface area contributed by atoms with E-state index in [1.54, 1.807) is 12.1 Å². The lowest BCUT2D eigenvalue weighted by Gasteiger charge is -2.15. The zero-order chi connectivity index (χ0) is 15.8. The van der Waals surface area contributed by atoms with Gasteiger partial charge in [0.05, 0.1) is 18.6 Å². The molecule has 0 fully saturated rings. The van der Waals surface area contributed by atoms with Gasteiger partial charge < -0.3 is 15.2 Å². The van der Waals surface area contributed by atoms with Crippen molar-refractivity contribution in [3.05, 3.63) is 40.0 Å². The molecular weight excluding hydrogens is 276 g/mol. The number of hydrogen-bond acceptors (Lipinski definition) is 6. The first-order valence-electron chi connectivity index (χ1n) is 6.43. The Balaban J connectivity index is 3.04. The van der Waals surface area contributed by atoms with Crippen molar-refractivity contribution in [2.45, 2.75) is 19.4 Å². The summed E-state index contributed by atoms with van der Waals surface area (Å²) < 4.78 is 4.46. The zero-order valence-electron chi connectivity index (χ0n) is 11.9. The molecule has 0 amide bonds. The van der Waals surface area contributed by atoms with Crippen molar-refractivity contribution in [3.8, 4) is 0 Å². The highest BCUT2D eigenvalue weighted by Gasteiger charge is 2.16. The Bertz CT molecular complexity index is 538. The first-order valence-corrected chi connectivity index (χ1v) is 6.43. The third kappa shape index (κ3) is 4.88. The van der Waals surface area contributed by atoms with E-state index >= 15 is 0 Å². The third-order valence-corrected chi connectivity index (χ3v) is 2.90. The maximum absolute atomic E-state index is 11.1. The number of nitrogens with zero attached hydrogens (tertiary/aromatic N) is 1. The fourth-order valence-corrected chi connectivity index (χ4v) is 1.65. The van der Waals surface area contributed by atoms with Crippen LogP contribution < -0.4 is 5.32 Å². The number of anilines is 1. The van der Waals surface area contributed by atoms with Crippen LogP contribution >= 0.6 is 0 Å². The van der Waals surface area contributed by atoms with E-state index in [0.717, 1.165) is 0 Å². The van der Waals surface area contributed by atoms with E-state index in [2.05, 4.69) is 10.1 Å². The first kappa shape index (κ1) is 16.6. The van der Waals surface area contributed by atoms with E-state index < -0.39 is 10.9 Å². The molecule has 0 spiro atoms. The molecule has 0 saturated heterocycles. The largest absolute Gasteiger partial charge is 0.466 e. The summed E-state index contributed by atoms with van der Waals surface area (Å²) in [6.45, 7) is 1.75. The number of hydrogen-bond donors (Lipinski definition) is 2. The summed E-state index contributed by atoms with van der Waals surface area (Å²) in [4.78, 5) is 21.6. The summed E-state index contributed by atoms with van der Waals surface area (Å²) in [6, 6.07) is 4.29. The molecule has 0 aliphatic rings. The van der Waals surface area contributed by atoms with Crippen molar-refractivity contribution < 1.29 is 19.6 Å². The van der Waals surface area contributed by atoms with Gasteiger partial charge in [-0.3, -0.25) is 10.1 Å². The Labute approximate surface area is 122 Å². The molecule has 1 unspecified atom stereocenters. The molecule has 2 N–H and O–H groups in total. The number of esters is 1. The number of nitrogens with one attached hydrogen (secondary N) is 1. The highest BCUT2D eigenvalue weighted by atomic mass is 16.6. The van der Waals surface area contributed by atoms with Crippen LogP contribution in [0.3, 0.4) is 0 Å². The Kier molecular flexibility index (Phi) is 6.35. The molecule has 114 valence electrons. The molecule has 0 aromatic heterocycles. The Morgan fingerprint density at radius 2 is 2.29 bits per heavy atom. The van der Waals surface area contributed by atoms with E-state index in [4.69, 9.17) is 5.11 Å². The SMILES string of the molecule is CCC(CO)Nc1ccc(C=CC(=O)OC)cc1[N+](=O)[O-]. The molecule has 0 saturated carbocycles. The molecule has 7 nitrogen and oxygen atoms in total. The molecular formula is C14H18N2O5. The van der Waals surface area contributed by atoms with Crippen LogP contribution in [0, 0.1) is 10.1 Å². The van der Waals surface area contributed by atoms with Crippen LogP contribution in [0.2, 0.25) is 0 Å². The molecule has 0 radical (unpaired) electrons. The van der Waals surface area contributed by atoms with Gasteiger partial charge in [0.1, 0.15) is 5.69 Å². The molecule has 0 bridgehead atoms. The van der Waals surface area contributed by atoms with Crippen molar-refractivity contribution in [2.24, 2.45) is 0 Å². The number of benzene rings is 1. The lowest BCUT2D eigenvalue weighted by atomic mass is 10.1. The molecule has 1 aromatic rings. The van der Waals surface area contributed by atoms with Gasteiger partial charge in [0.25, 0.3) is 5.69 Å². The summed E-state index contributed by atoms with van der Waals surface area (Å²) in [6.07, 6.45) is 3.26. The summed E-state index contributed by atoms with van der Waals surface area (Å²) >= 11 is 0. The lowest BCUT2D eigenvalue weighted by molar-refractivity contribution is -0.384. The number of nitro benzene ring substituents is 1. The van der Waals surface area contributed by atoms with Gasteiger partial charge in [0.2, 0.25) is 0 Å². The Morgan fingerprint density at radius 3 is 2.81 bits per heavy atom.